The summed E-state index contributed by atoms with van der Waals surface area (Å²) in [6, 6.07) is 0. The van der Waals surface area contributed by atoms with E-state index < -0.39 is 0 Å². The third-order valence-electron chi connectivity index (χ3n) is 6.42. The van der Waals surface area contributed by atoms with Gasteiger partial charge in [0.15, 0.2) is 0 Å². The van der Waals surface area contributed by atoms with Gasteiger partial charge >= 0.3 is 0 Å². The summed E-state index contributed by atoms with van der Waals surface area (Å²) in [6.07, 6.45) is 31.0. The van der Waals surface area contributed by atoms with Crippen molar-refractivity contribution in [2.45, 2.75) is 116 Å². The SMILES string of the molecule is CCCCCCCCCCCCCCOCCCCCC1=CC2C=CC1C2. The molecule has 0 amide bonds. The molecule has 0 aromatic rings. The minimum absolute atomic E-state index is 0.781. The molecule has 2 rings (SSSR count). The molecular formula is C26H46O. The largest absolute Gasteiger partial charge is 0.381 e. The molecule has 2 bridgehead atoms. The Labute approximate surface area is 170 Å². The zero-order valence-electron chi connectivity index (χ0n) is 18.2. The maximum absolute atomic E-state index is 5.82. The van der Waals surface area contributed by atoms with E-state index in [1.54, 1.807) is 5.57 Å². The topological polar surface area (TPSA) is 9.23 Å². The smallest absolute Gasteiger partial charge is 0.0466 e. The van der Waals surface area contributed by atoms with Crippen molar-refractivity contribution in [1.82, 2.24) is 0 Å². The molecule has 1 nitrogen and oxygen atoms in total. The van der Waals surface area contributed by atoms with E-state index >= 15 is 0 Å². The molecule has 1 heteroatoms. The molecule has 0 N–H and O–H groups in total. The summed E-state index contributed by atoms with van der Waals surface area (Å²) in [6.45, 7) is 4.25. The molecule has 156 valence electrons. The molecule has 2 aliphatic carbocycles. The fourth-order valence-electron chi connectivity index (χ4n) is 4.65. The molecule has 0 heterocycles. The molecule has 0 saturated carbocycles. The number of fused-ring (bicyclic) bond motifs is 2. The molecule has 2 atom stereocenters. The van der Waals surface area contributed by atoms with Crippen LogP contribution < -0.4 is 0 Å². The highest BCUT2D eigenvalue weighted by molar-refractivity contribution is 5.29. The third-order valence-corrected chi connectivity index (χ3v) is 6.42. The van der Waals surface area contributed by atoms with Gasteiger partial charge in [0.05, 0.1) is 0 Å². The molecule has 0 aromatic heterocycles. The van der Waals surface area contributed by atoms with Crippen LogP contribution >= 0.6 is 0 Å². The van der Waals surface area contributed by atoms with E-state index in [1.807, 2.05) is 0 Å². The van der Waals surface area contributed by atoms with Gasteiger partial charge in [0.25, 0.3) is 0 Å². The Morgan fingerprint density at radius 2 is 1.26 bits per heavy atom. The van der Waals surface area contributed by atoms with Crippen LogP contribution in [0.25, 0.3) is 0 Å². The van der Waals surface area contributed by atoms with E-state index in [4.69, 9.17) is 4.74 Å². The van der Waals surface area contributed by atoms with Gasteiger partial charge in [0, 0.05) is 13.2 Å². The van der Waals surface area contributed by atoms with Crippen molar-refractivity contribution in [3.05, 3.63) is 23.8 Å². The second-order valence-electron chi connectivity index (χ2n) is 8.94. The van der Waals surface area contributed by atoms with E-state index in [0.717, 1.165) is 25.0 Å². The number of allylic oxidation sites excluding steroid dienone is 4. The quantitative estimate of drug-likeness (QED) is 0.163. The summed E-state index contributed by atoms with van der Waals surface area (Å²) in [7, 11) is 0. The van der Waals surface area contributed by atoms with E-state index in [2.05, 4.69) is 25.2 Å². The minimum Gasteiger partial charge on any atom is -0.381 e. The van der Waals surface area contributed by atoms with Gasteiger partial charge in [-0.1, -0.05) is 108 Å². The van der Waals surface area contributed by atoms with Gasteiger partial charge in [-0.05, 0) is 43.9 Å². The predicted octanol–water partition coefficient (Wildman–Crippen LogP) is 8.40. The molecule has 0 aromatic carbocycles. The van der Waals surface area contributed by atoms with E-state index in [9.17, 15) is 0 Å². The van der Waals surface area contributed by atoms with E-state index in [1.165, 1.54) is 109 Å². The van der Waals surface area contributed by atoms with E-state index in [-0.39, 0.29) is 0 Å². The average Bonchev–Trinajstić information content (AvgIpc) is 3.30. The van der Waals surface area contributed by atoms with Gasteiger partial charge in [0.1, 0.15) is 0 Å². The Morgan fingerprint density at radius 1 is 0.704 bits per heavy atom. The zero-order valence-corrected chi connectivity index (χ0v) is 18.2. The molecule has 2 unspecified atom stereocenters. The monoisotopic (exact) mass is 374 g/mol. The predicted molar refractivity (Wildman–Crippen MR) is 119 cm³/mol. The maximum atomic E-state index is 5.82. The average molecular weight is 375 g/mol. The maximum Gasteiger partial charge on any atom is 0.0466 e. The lowest BCUT2D eigenvalue weighted by Crippen LogP contribution is -1.98. The van der Waals surface area contributed by atoms with Gasteiger partial charge in [-0.2, -0.15) is 0 Å². The lowest BCUT2D eigenvalue weighted by Gasteiger charge is -2.09. The van der Waals surface area contributed by atoms with Gasteiger partial charge in [0.2, 0.25) is 0 Å². The Morgan fingerprint density at radius 3 is 1.78 bits per heavy atom. The van der Waals surface area contributed by atoms with Gasteiger partial charge < -0.3 is 4.74 Å². The lowest BCUT2D eigenvalue weighted by molar-refractivity contribution is 0.126. The van der Waals surface area contributed by atoms with Gasteiger partial charge in [-0.15, -0.1) is 0 Å². The molecule has 27 heavy (non-hydrogen) atoms. The van der Waals surface area contributed by atoms with Crippen LogP contribution in [0.5, 0.6) is 0 Å². The van der Waals surface area contributed by atoms with Crippen molar-refractivity contribution >= 4 is 0 Å². The normalized spacial score (nSPS) is 20.6. The van der Waals surface area contributed by atoms with Crippen molar-refractivity contribution in [3.63, 3.8) is 0 Å². The second kappa shape index (κ2) is 15.4. The fourth-order valence-corrected chi connectivity index (χ4v) is 4.65. The van der Waals surface area contributed by atoms with Crippen LogP contribution in [-0.4, -0.2) is 13.2 Å². The minimum atomic E-state index is 0.781. The summed E-state index contributed by atoms with van der Waals surface area (Å²) < 4.78 is 5.82. The first-order valence-electron chi connectivity index (χ1n) is 12.4. The summed E-state index contributed by atoms with van der Waals surface area (Å²) in [4.78, 5) is 0. The molecule has 0 radical (unpaired) electrons. The lowest BCUT2D eigenvalue weighted by atomic mass is 9.97. The first-order chi connectivity index (χ1) is 13.4. The second-order valence-corrected chi connectivity index (χ2v) is 8.94. The first-order valence-corrected chi connectivity index (χ1v) is 12.4. The van der Waals surface area contributed by atoms with Crippen molar-refractivity contribution in [2.24, 2.45) is 11.8 Å². The third kappa shape index (κ3) is 10.5. The summed E-state index contributed by atoms with van der Waals surface area (Å²) in [5.41, 5.74) is 1.72. The van der Waals surface area contributed by atoms with Crippen molar-refractivity contribution in [1.29, 1.82) is 0 Å². The molecule has 0 aliphatic heterocycles. The fraction of sp³-hybridized carbons (Fsp3) is 0.846. The van der Waals surface area contributed by atoms with Crippen LogP contribution in [0, 0.1) is 11.8 Å². The van der Waals surface area contributed by atoms with Crippen LogP contribution in [0.4, 0.5) is 0 Å². The van der Waals surface area contributed by atoms with Crippen LogP contribution in [-0.2, 0) is 4.74 Å². The van der Waals surface area contributed by atoms with E-state index in [0.29, 0.717) is 0 Å². The molecule has 0 spiro atoms. The Balaban J connectivity index is 1.22. The van der Waals surface area contributed by atoms with Crippen LogP contribution in [0.2, 0.25) is 0 Å². The Bertz CT molecular complexity index is 408. The molecule has 0 fully saturated rings. The Kier molecular flexibility index (Phi) is 12.9. The highest BCUT2D eigenvalue weighted by atomic mass is 16.5. The van der Waals surface area contributed by atoms with Crippen molar-refractivity contribution in [3.8, 4) is 0 Å². The van der Waals surface area contributed by atoms with Gasteiger partial charge in [-0.25, -0.2) is 0 Å². The molecule has 0 saturated heterocycles. The van der Waals surface area contributed by atoms with Crippen LogP contribution in [0.1, 0.15) is 116 Å². The summed E-state index contributed by atoms with van der Waals surface area (Å²) >= 11 is 0. The number of ether oxygens (including phenoxy) is 1. The van der Waals surface area contributed by atoms with Crippen molar-refractivity contribution < 1.29 is 4.74 Å². The van der Waals surface area contributed by atoms with Crippen LogP contribution in [0.3, 0.4) is 0 Å². The number of unbranched alkanes of at least 4 members (excludes halogenated alkanes) is 13. The Hall–Kier alpha value is -0.560. The van der Waals surface area contributed by atoms with Crippen molar-refractivity contribution in [2.75, 3.05) is 13.2 Å². The summed E-state index contributed by atoms with van der Waals surface area (Å²) in [5.74, 6) is 1.58. The summed E-state index contributed by atoms with van der Waals surface area (Å²) in [5, 5.41) is 0. The molecule has 2 aliphatic rings. The highest BCUT2D eigenvalue weighted by Crippen LogP contribution is 2.40. The zero-order chi connectivity index (χ0) is 19.0. The highest BCUT2D eigenvalue weighted by Gasteiger charge is 2.26. The number of rotatable bonds is 19. The van der Waals surface area contributed by atoms with Gasteiger partial charge in [-0.3, -0.25) is 0 Å². The number of hydrogen-bond acceptors (Lipinski definition) is 1. The van der Waals surface area contributed by atoms with Crippen LogP contribution in [0.15, 0.2) is 23.8 Å². The standard InChI is InChI=1S/C26H46O/c1-2-3-4-5-6-7-8-9-10-11-12-15-20-27-21-16-13-14-17-25-22-24-18-19-26(25)23-24/h18-19,22,24,26H,2-17,20-21,23H2,1H3. The molecular weight excluding hydrogens is 328 g/mol. The number of hydrogen-bond donors (Lipinski definition) is 0. The first kappa shape index (κ1) is 22.7.